The number of aliphatic hydroxyl groups is 1. The lowest BCUT2D eigenvalue weighted by Crippen LogP contribution is -2.44. The van der Waals surface area contributed by atoms with E-state index in [0.717, 1.165) is 11.3 Å². The van der Waals surface area contributed by atoms with Crippen molar-refractivity contribution in [2.24, 2.45) is 0 Å². The van der Waals surface area contributed by atoms with E-state index in [1.54, 1.807) is 13.8 Å². The summed E-state index contributed by atoms with van der Waals surface area (Å²) in [6.07, 6.45) is 1.44. The molecule has 1 N–H and O–H groups in total. The van der Waals surface area contributed by atoms with Crippen LogP contribution in [0.25, 0.3) is 0 Å². The van der Waals surface area contributed by atoms with Crippen molar-refractivity contribution >= 4 is 17.8 Å². The zero-order chi connectivity index (χ0) is 16.0. The molecule has 0 aliphatic carbocycles. The third-order valence-electron chi connectivity index (χ3n) is 3.06. The average molecular weight is 299 g/mol. The molecule has 1 atom stereocenters. The Balaban J connectivity index is 3.13. The average Bonchev–Trinajstić information content (AvgIpc) is 2.70. The van der Waals surface area contributed by atoms with Crippen molar-refractivity contribution < 1.29 is 29.0 Å². The van der Waals surface area contributed by atoms with Crippen molar-refractivity contribution in [3.8, 4) is 0 Å². The Hall–Kier alpha value is -2.05. The molecule has 0 spiro atoms. The van der Waals surface area contributed by atoms with Crippen LogP contribution in [0, 0.1) is 0 Å². The minimum Gasteiger partial charge on any atom is -0.503 e. The van der Waals surface area contributed by atoms with E-state index in [4.69, 9.17) is 9.47 Å². The third-order valence-corrected chi connectivity index (χ3v) is 3.06. The minimum atomic E-state index is -1.23. The maximum atomic E-state index is 12.1. The molecule has 0 radical (unpaired) electrons. The number of ether oxygens (including phenoxy) is 2. The fourth-order valence-electron chi connectivity index (χ4n) is 2.10. The smallest absolute Gasteiger partial charge is 0.340 e. The first-order valence-electron chi connectivity index (χ1n) is 7.07. The molecule has 0 bridgehead atoms. The first-order valence-corrected chi connectivity index (χ1v) is 7.07. The fraction of sp³-hybridized carbons (Fsp3) is 0.643. The number of esters is 2. The van der Waals surface area contributed by atoms with Crippen LogP contribution in [-0.4, -0.2) is 53.7 Å². The predicted octanol–water partition coefficient (Wildman–Crippen LogP) is 0.936. The largest absolute Gasteiger partial charge is 0.503 e. The maximum Gasteiger partial charge on any atom is 0.340 e. The Morgan fingerprint density at radius 3 is 2.33 bits per heavy atom. The third kappa shape index (κ3) is 3.53. The number of carbonyl (C=O) groups is 3. The maximum absolute atomic E-state index is 12.1. The molecular formula is C14H21NO6. The second-order valence-electron chi connectivity index (χ2n) is 4.49. The summed E-state index contributed by atoms with van der Waals surface area (Å²) in [5.41, 5.74) is -0.337. The second kappa shape index (κ2) is 7.66. The van der Waals surface area contributed by atoms with E-state index in [0.29, 0.717) is 6.42 Å². The summed E-state index contributed by atoms with van der Waals surface area (Å²) in [4.78, 5) is 37.2. The Kier molecular flexibility index (Phi) is 6.20. The lowest BCUT2D eigenvalue weighted by atomic mass is 10.1. The highest BCUT2D eigenvalue weighted by Gasteiger charge is 2.48. The SMILES string of the molecule is CCCCN1C(=O)C(O)=C(C(=O)OCC)C1C(=O)OCC. The lowest BCUT2D eigenvalue weighted by Gasteiger charge is -2.24. The van der Waals surface area contributed by atoms with Gasteiger partial charge in [0, 0.05) is 6.54 Å². The molecule has 0 aromatic rings. The van der Waals surface area contributed by atoms with Crippen LogP contribution >= 0.6 is 0 Å². The van der Waals surface area contributed by atoms with Gasteiger partial charge in [0.05, 0.1) is 13.2 Å². The van der Waals surface area contributed by atoms with Gasteiger partial charge < -0.3 is 19.5 Å². The van der Waals surface area contributed by atoms with Gasteiger partial charge in [-0.05, 0) is 20.3 Å². The molecule has 7 nitrogen and oxygen atoms in total. The van der Waals surface area contributed by atoms with Crippen molar-refractivity contribution in [2.75, 3.05) is 19.8 Å². The van der Waals surface area contributed by atoms with Gasteiger partial charge in [-0.25, -0.2) is 9.59 Å². The molecule has 0 fully saturated rings. The van der Waals surface area contributed by atoms with Gasteiger partial charge in [-0.3, -0.25) is 4.79 Å². The first kappa shape index (κ1) is 17.0. The van der Waals surface area contributed by atoms with Gasteiger partial charge in [0.1, 0.15) is 5.57 Å². The number of aliphatic hydroxyl groups excluding tert-OH is 1. The highest BCUT2D eigenvalue weighted by Crippen LogP contribution is 2.27. The number of nitrogens with zero attached hydrogens (tertiary/aromatic N) is 1. The first-order chi connectivity index (χ1) is 9.99. The number of hydrogen-bond acceptors (Lipinski definition) is 6. The molecule has 0 saturated heterocycles. The zero-order valence-electron chi connectivity index (χ0n) is 12.5. The summed E-state index contributed by atoms with van der Waals surface area (Å²) in [5.74, 6) is -3.10. The van der Waals surface area contributed by atoms with Crippen LogP contribution in [0.5, 0.6) is 0 Å². The molecule has 1 unspecified atom stereocenters. The summed E-state index contributed by atoms with van der Waals surface area (Å²) in [7, 11) is 0. The molecule has 1 amide bonds. The standard InChI is InChI=1S/C14H21NO6/c1-4-7-8-15-10(14(19)21-6-3)9(11(16)12(15)17)13(18)20-5-2/h10,16H,4-8H2,1-3H3. The van der Waals surface area contributed by atoms with E-state index in [-0.39, 0.29) is 25.3 Å². The van der Waals surface area contributed by atoms with Crippen molar-refractivity contribution in [1.82, 2.24) is 4.90 Å². The van der Waals surface area contributed by atoms with Crippen LogP contribution in [0.2, 0.25) is 0 Å². The van der Waals surface area contributed by atoms with Gasteiger partial charge in [0.15, 0.2) is 11.8 Å². The second-order valence-corrected chi connectivity index (χ2v) is 4.49. The molecule has 1 aliphatic rings. The van der Waals surface area contributed by atoms with E-state index < -0.39 is 29.6 Å². The quantitative estimate of drug-likeness (QED) is 0.703. The van der Waals surface area contributed by atoms with Gasteiger partial charge in [0.25, 0.3) is 5.91 Å². The van der Waals surface area contributed by atoms with Crippen molar-refractivity contribution in [1.29, 1.82) is 0 Å². The van der Waals surface area contributed by atoms with Gasteiger partial charge in [-0.15, -0.1) is 0 Å². The monoisotopic (exact) mass is 299 g/mol. The number of amides is 1. The Morgan fingerprint density at radius 1 is 1.19 bits per heavy atom. The van der Waals surface area contributed by atoms with Crippen LogP contribution in [0.3, 0.4) is 0 Å². The summed E-state index contributed by atoms with van der Waals surface area (Å²) in [5, 5.41) is 9.89. The van der Waals surface area contributed by atoms with Gasteiger partial charge in [-0.2, -0.15) is 0 Å². The molecule has 21 heavy (non-hydrogen) atoms. The topological polar surface area (TPSA) is 93.1 Å². The number of unbranched alkanes of at least 4 members (excludes halogenated alkanes) is 1. The molecular weight excluding hydrogens is 278 g/mol. The van der Waals surface area contributed by atoms with E-state index in [2.05, 4.69) is 0 Å². The summed E-state index contributed by atoms with van der Waals surface area (Å²) in [6, 6.07) is -1.23. The number of rotatable bonds is 7. The lowest BCUT2D eigenvalue weighted by molar-refractivity contribution is -0.153. The molecule has 0 saturated carbocycles. The summed E-state index contributed by atoms with van der Waals surface area (Å²) >= 11 is 0. The van der Waals surface area contributed by atoms with Crippen LogP contribution in [0.4, 0.5) is 0 Å². The molecule has 118 valence electrons. The molecule has 1 rings (SSSR count). The van der Waals surface area contributed by atoms with Gasteiger partial charge >= 0.3 is 11.9 Å². The molecule has 1 heterocycles. The van der Waals surface area contributed by atoms with E-state index in [9.17, 15) is 19.5 Å². The van der Waals surface area contributed by atoms with E-state index in [1.165, 1.54) is 0 Å². The van der Waals surface area contributed by atoms with E-state index in [1.807, 2.05) is 6.92 Å². The highest BCUT2D eigenvalue weighted by molar-refractivity contribution is 6.11. The van der Waals surface area contributed by atoms with Crippen molar-refractivity contribution in [3.05, 3.63) is 11.3 Å². The molecule has 0 aromatic heterocycles. The molecule has 1 aliphatic heterocycles. The van der Waals surface area contributed by atoms with Crippen LogP contribution in [0.1, 0.15) is 33.6 Å². The van der Waals surface area contributed by atoms with Crippen molar-refractivity contribution in [3.63, 3.8) is 0 Å². The van der Waals surface area contributed by atoms with E-state index >= 15 is 0 Å². The van der Waals surface area contributed by atoms with Crippen LogP contribution in [-0.2, 0) is 23.9 Å². The Bertz CT molecular complexity index is 456. The van der Waals surface area contributed by atoms with Crippen molar-refractivity contribution in [2.45, 2.75) is 39.7 Å². The molecule has 0 aromatic carbocycles. The minimum absolute atomic E-state index is 0.0777. The van der Waals surface area contributed by atoms with Gasteiger partial charge in [-0.1, -0.05) is 13.3 Å². The summed E-state index contributed by atoms with van der Waals surface area (Å²) in [6.45, 7) is 5.60. The molecule has 7 heteroatoms. The summed E-state index contributed by atoms with van der Waals surface area (Å²) < 4.78 is 9.72. The fourth-order valence-corrected chi connectivity index (χ4v) is 2.10. The number of carbonyl (C=O) groups excluding carboxylic acids is 3. The zero-order valence-corrected chi connectivity index (χ0v) is 12.5. The number of hydrogen-bond donors (Lipinski definition) is 1. The Morgan fingerprint density at radius 2 is 1.81 bits per heavy atom. The van der Waals surface area contributed by atoms with Crippen LogP contribution < -0.4 is 0 Å². The normalized spacial score (nSPS) is 18.1. The highest BCUT2D eigenvalue weighted by atomic mass is 16.5. The Labute approximate surface area is 123 Å². The van der Waals surface area contributed by atoms with Gasteiger partial charge in [0.2, 0.25) is 0 Å². The van der Waals surface area contributed by atoms with Crippen LogP contribution in [0.15, 0.2) is 11.3 Å². The predicted molar refractivity (Wildman–Crippen MR) is 73.3 cm³/mol.